The van der Waals surface area contributed by atoms with Gasteiger partial charge in [-0.1, -0.05) is 12.1 Å². The van der Waals surface area contributed by atoms with Crippen LogP contribution >= 0.6 is 0 Å². The fourth-order valence-corrected chi connectivity index (χ4v) is 4.48. The Bertz CT molecular complexity index is 1160. The molecule has 0 aliphatic rings. The van der Waals surface area contributed by atoms with E-state index in [2.05, 4.69) is 10.6 Å². The fraction of sp³-hybridized carbons (Fsp3) is 0.182. The number of carbonyl (C=O) groups is 2. The molecule has 2 amide bonds. The summed E-state index contributed by atoms with van der Waals surface area (Å²) >= 11 is 0. The van der Waals surface area contributed by atoms with E-state index in [-0.39, 0.29) is 17.2 Å². The summed E-state index contributed by atoms with van der Waals surface area (Å²) in [6.45, 7) is -0.312. The van der Waals surface area contributed by atoms with E-state index in [1.807, 2.05) is 0 Å². The van der Waals surface area contributed by atoms with Crippen molar-refractivity contribution in [1.29, 1.82) is 0 Å². The minimum absolute atomic E-state index is 0.0771. The lowest BCUT2D eigenvalue weighted by molar-refractivity contribution is -0.139. The zero-order valence-corrected chi connectivity index (χ0v) is 17.9. The van der Waals surface area contributed by atoms with Crippen LogP contribution in [-0.2, 0) is 26.0 Å². The predicted octanol–water partition coefficient (Wildman–Crippen LogP) is 2.37. The Balaban J connectivity index is 1.66. The van der Waals surface area contributed by atoms with Gasteiger partial charge in [-0.25, -0.2) is 12.8 Å². The largest absolute Gasteiger partial charge is 0.497 e. The van der Waals surface area contributed by atoms with Crippen LogP contribution in [0, 0.1) is 5.82 Å². The lowest BCUT2D eigenvalue weighted by Gasteiger charge is -2.16. The summed E-state index contributed by atoms with van der Waals surface area (Å²) in [7, 11) is -2.51. The predicted molar refractivity (Wildman–Crippen MR) is 113 cm³/mol. The Kier molecular flexibility index (Phi) is 7.26. The molecule has 8 nitrogen and oxygen atoms in total. The number of nitrogens with one attached hydrogen (secondary N) is 2. The maximum Gasteiger partial charge on any atom is 0.309 e. The van der Waals surface area contributed by atoms with Gasteiger partial charge in [-0.15, -0.1) is 0 Å². The highest BCUT2D eigenvalue weighted by molar-refractivity contribution is 7.91. The van der Waals surface area contributed by atoms with Gasteiger partial charge in [0.25, 0.3) is 0 Å². The van der Waals surface area contributed by atoms with Gasteiger partial charge < -0.3 is 19.8 Å². The van der Waals surface area contributed by atoms with Crippen molar-refractivity contribution in [3.63, 3.8) is 0 Å². The summed E-state index contributed by atoms with van der Waals surface area (Å²) in [4.78, 5) is 24.2. The maximum atomic E-state index is 13.2. The molecule has 0 fully saturated rings. The molecule has 2 N–H and O–H groups in total. The molecule has 1 aromatic heterocycles. The molecule has 3 rings (SSSR count). The molecule has 0 saturated heterocycles. The Morgan fingerprint density at radius 3 is 2.25 bits per heavy atom. The van der Waals surface area contributed by atoms with E-state index in [0.29, 0.717) is 5.75 Å². The normalized spacial score (nSPS) is 12.1. The molecule has 0 saturated carbocycles. The van der Waals surface area contributed by atoms with Gasteiger partial charge in [0.1, 0.15) is 22.6 Å². The number of hydrogen-bond acceptors (Lipinski definition) is 6. The second-order valence-corrected chi connectivity index (χ2v) is 8.87. The first-order valence-corrected chi connectivity index (χ1v) is 11.1. The van der Waals surface area contributed by atoms with Crippen LogP contribution in [0.3, 0.4) is 0 Å². The molecule has 2 aromatic carbocycles. The molecule has 0 spiro atoms. The first kappa shape index (κ1) is 23.0. The van der Waals surface area contributed by atoms with Crippen LogP contribution in [0.25, 0.3) is 0 Å². The minimum Gasteiger partial charge on any atom is -0.497 e. The molecular weight excluding hydrogens is 439 g/mol. The Hall–Kier alpha value is -3.66. The van der Waals surface area contributed by atoms with Crippen LogP contribution in [-0.4, -0.2) is 33.9 Å². The van der Waals surface area contributed by atoms with Crippen LogP contribution in [0.5, 0.6) is 5.75 Å². The third-order valence-corrected chi connectivity index (χ3v) is 6.72. The Morgan fingerprint density at radius 2 is 1.66 bits per heavy atom. The van der Waals surface area contributed by atoms with E-state index in [4.69, 9.17) is 9.15 Å². The summed E-state index contributed by atoms with van der Waals surface area (Å²) in [5.41, 5.74) is 0.749. The number of amides is 2. The molecule has 0 radical (unpaired) electrons. The number of hydrogen-bond donors (Lipinski definition) is 2. The number of rotatable bonds is 8. The van der Waals surface area contributed by atoms with Crippen molar-refractivity contribution in [3.05, 3.63) is 84.1 Å². The van der Waals surface area contributed by atoms with Crippen molar-refractivity contribution in [3.8, 4) is 5.75 Å². The quantitative estimate of drug-likeness (QED) is 0.394. The van der Waals surface area contributed by atoms with Crippen molar-refractivity contribution in [2.24, 2.45) is 0 Å². The summed E-state index contributed by atoms with van der Waals surface area (Å²) in [5.74, 6) is -1.76. The average Bonchev–Trinajstić information content (AvgIpc) is 3.32. The van der Waals surface area contributed by atoms with Crippen LogP contribution in [0.15, 0.2) is 76.2 Å². The molecule has 0 bridgehead atoms. The van der Waals surface area contributed by atoms with E-state index in [9.17, 15) is 22.4 Å². The van der Waals surface area contributed by atoms with Gasteiger partial charge in [-0.2, -0.15) is 0 Å². The molecule has 0 aliphatic carbocycles. The Labute approximate surface area is 184 Å². The lowest BCUT2D eigenvalue weighted by atomic mass is 10.2. The molecular formula is C22H21FN2O6S. The van der Waals surface area contributed by atoms with Crippen molar-refractivity contribution < 1.29 is 31.6 Å². The van der Waals surface area contributed by atoms with Crippen molar-refractivity contribution >= 4 is 21.7 Å². The number of benzene rings is 2. The zero-order chi connectivity index (χ0) is 23.1. The second kappa shape index (κ2) is 10.1. The zero-order valence-electron chi connectivity index (χ0n) is 17.1. The highest BCUT2D eigenvalue weighted by Crippen LogP contribution is 2.29. The van der Waals surface area contributed by atoms with Gasteiger partial charge in [0, 0.05) is 13.1 Å². The summed E-state index contributed by atoms with van der Waals surface area (Å²) < 4.78 is 49.6. The average molecular weight is 460 g/mol. The molecule has 1 atom stereocenters. The number of halogens is 1. The van der Waals surface area contributed by atoms with Gasteiger partial charge in [0.2, 0.25) is 0 Å². The van der Waals surface area contributed by atoms with E-state index in [0.717, 1.165) is 29.8 Å². The number of furan rings is 1. The third kappa shape index (κ3) is 5.52. The highest BCUT2D eigenvalue weighted by Gasteiger charge is 2.32. The molecule has 1 heterocycles. The van der Waals surface area contributed by atoms with Crippen molar-refractivity contribution in [2.75, 3.05) is 13.7 Å². The number of carbonyl (C=O) groups excluding carboxylic acids is 2. The highest BCUT2D eigenvalue weighted by atomic mass is 32.2. The molecule has 32 heavy (non-hydrogen) atoms. The number of methoxy groups -OCH3 is 1. The van der Waals surface area contributed by atoms with Gasteiger partial charge >= 0.3 is 11.8 Å². The summed E-state index contributed by atoms with van der Waals surface area (Å²) in [5, 5.41) is 3.49. The van der Waals surface area contributed by atoms with Crippen LogP contribution in [0.4, 0.5) is 4.39 Å². The third-order valence-electron chi connectivity index (χ3n) is 4.64. The van der Waals surface area contributed by atoms with Crippen molar-refractivity contribution in [2.45, 2.75) is 16.7 Å². The molecule has 168 valence electrons. The first-order chi connectivity index (χ1) is 15.3. The minimum atomic E-state index is -4.04. The Morgan fingerprint density at radius 1 is 1.00 bits per heavy atom. The van der Waals surface area contributed by atoms with Gasteiger partial charge in [0.15, 0.2) is 9.84 Å². The van der Waals surface area contributed by atoms with Gasteiger partial charge in [-0.05, 0) is 54.1 Å². The number of ether oxygens (including phenoxy) is 1. The summed E-state index contributed by atoms with van der Waals surface area (Å²) in [6, 6.07) is 14.2. The smallest absolute Gasteiger partial charge is 0.309 e. The lowest BCUT2D eigenvalue weighted by Crippen LogP contribution is -2.42. The monoisotopic (exact) mass is 460 g/mol. The van der Waals surface area contributed by atoms with Gasteiger partial charge in [0.05, 0.1) is 18.3 Å². The van der Waals surface area contributed by atoms with E-state index < -0.39 is 39.3 Å². The van der Waals surface area contributed by atoms with Crippen molar-refractivity contribution in [1.82, 2.24) is 10.6 Å². The molecule has 10 heteroatoms. The number of sulfone groups is 1. The molecule has 1 unspecified atom stereocenters. The molecule has 0 aliphatic heterocycles. The van der Waals surface area contributed by atoms with Crippen LogP contribution in [0.2, 0.25) is 0 Å². The first-order valence-electron chi connectivity index (χ1n) is 9.53. The molecule has 3 aromatic rings. The SMILES string of the molecule is COc1ccc(CNC(=O)C(=O)NCC(c2ccco2)S(=O)(=O)c2ccc(F)cc2)cc1. The maximum absolute atomic E-state index is 13.2. The van der Waals surface area contributed by atoms with Crippen LogP contribution in [0.1, 0.15) is 16.6 Å². The fourth-order valence-electron chi connectivity index (χ4n) is 2.90. The topological polar surface area (TPSA) is 115 Å². The van der Waals surface area contributed by atoms with Gasteiger partial charge in [-0.3, -0.25) is 9.59 Å². The summed E-state index contributed by atoms with van der Waals surface area (Å²) in [6.07, 6.45) is 1.30. The van der Waals surface area contributed by atoms with E-state index in [1.54, 1.807) is 24.3 Å². The van der Waals surface area contributed by atoms with E-state index in [1.165, 1.54) is 25.5 Å². The second-order valence-electron chi connectivity index (χ2n) is 6.74. The standard InChI is InChI=1S/C22H21FN2O6S/c1-30-17-8-4-15(5-9-17)13-24-21(26)22(27)25-14-20(19-3-2-12-31-19)32(28,29)18-10-6-16(23)7-11-18/h2-12,20H,13-14H2,1H3,(H,24,26)(H,25,27). The van der Waals surface area contributed by atoms with E-state index >= 15 is 0 Å². The van der Waals surface area contributed by atoms with Crippen LogP contribution < -0.4 is 15.4 Å².